The summed E-state index contributed by atoms with van der Waals surface area (Å²) in [7, 11) is 3.69. The van der Waals surface area contributed by atoms with Crippen LogP contribution >= 0.6 is 0 Å². The number of fused-ring (bicyclic) bond motifs is 1. The van der Waals surface area contributed by atoms with Crippen molar-refractivity contribution >= 4 is 11.6 Å². The Labute approximate surface area is 248 Å². The van der Waals surface area contributed by atoms with Gasteiger partial charge < -0.3 is 19.1 Å². The third-order valence-corrected chi connectivity index (χ3v) is 9.16. The lowest BCUT2D eigenvalue weighted by molar-refractivity contribution is -0.198. The van der Waals surface area contributed by atoms with E-state index in [4.69, 9.17) is 4.74 Å². The molecule has 1 aromatic heterocycles. The molecule has 6 rings (SSSR count). The topological polar surface area (TPSA) is 66.7 Å². The second-order valence-corrected chi connectivity index (χ2v) is 12.3. The quantitative estimate of drug-likeness (QED) is 0.352. The molecule has 0 radical (unpaired) electrons. The molecule has 2 unspecified atom stereocenters. The van der Waals surface area contributed by atoms with Crippen molar-refractivity contribution in [2.45, 2.75) is 57.3 Å². The molecule has 230 valence electrons. The summed E-state index contributed by atoms with van der Waals surface area (Å²) in [5.74, 6) is -0.0756. The Kier molecular flexibility index (Phi) is 7.58. The molecule has 3 aliphatic heterocycles. The van der Waals surface area contributed by atoms with E-state index in [1.54, 1.807) is 37.4 Å². The Morgan fingerprint density at radius 1 is 1.14 bits per heavy atom. The van der Waals surface area contributed by atoms with Crippen molar-refractivity contribution in [3.63, 3.8) is 0 Å². The minimum Gasteiger partial charge on any atom is -0.367 e. The molecule has 0 saturated carbocycles. The number of amides is 1. The number of carbonyl (C=O) groups is 1. The van der Waals surface area contributed by atoms with E-state index in [1.807, 2.05) is 0 Å². The molecule has 1 amide bonds. The van der Waals surface area contributed by atoms with Gasteiger partial charge in [-0.2, -0.15) is 13.2 Å². The number of benzene rings is 2. The molecule has 2 saturated heterocycles. The summed E-state index contributed by atoms with van der Waals surface area (Å²) in [6, 6.07) is 9.68. The molecule has 3 aromatic rings. The lowest BCUT2D eigenvalue weighted by Gasteiger charge is -2.44. The van der Waals surface area contributed by atoms with Gasteiger partial charge in [-0.1, -0.05) is 26.0 Å². The van der Waals surface area contributed by atoms with E-state index in [9.17, 15) is 18.0 Å². The first-order valence-corrected chi connectivity index (χ1v) is 14.6. The maximum absolute atomic E-state index is 15.9. The number of hydrogen-bond donors (Lipinski definition) is 0. The minimum atomic E-state index is -4.63. The van der Waals surface area contributed by atoms with Gasteiger partial charge in [0, 0.05) is 56.9 Å². The molecule has 2 fully saturated rings. The number of piperazine rings is 1. The predicted octanol–water partition coefficient (Wildman–Crippen LogP) is 5.09. The highest BCUT2D eigenvalue weighted by Gasteiger charge is 2.51. The van der Waals surface area contributed by atoms with Crippen molar-refractivity contribution in [2.24, 2.45) is 13.0 Å². The summed E-state index contributed by atoms with van der Waals surface area (Å²) in [5.41, 5.74) is -0.755. The molecule has 0 bridgehead atoms. The van der Waals surface area contributed by atoms with Crippen LogP contribution in [-0.4, -0.2) is 69.8 Å². The fraction of sp³-hybridized carbons (Fsp3) is 0.516. The standard InChI is InChI=1S/C31H36F4N6O2/c1-19(2)26-17-38(3)9-10-40(26)15-20-12-23-24(25(13-20)31(33,34)35)16-41(29(23)42)22-7-5-6-21(14-22)30(8-11-43-30)27(32)28-37-36-18-39(28)4/h5-7,12-14,18-19,26-27H,8-11,15-17H2,1-4H3/t26?,27-,30?/m1/s1. The zero-order valence-corrected chi connectivity index (χ0v) is 24.7. The van der Waals surface area contributed by atoms with Crippen LogP contribution in [-0.2, 0) is 36.7 Å². The van der Waals surface area contributed by atoms with Crippen molar-refractivity contribution in [3.8, 4) is 0 Å². The van der Waals surface area contributed by atoms with E-state index in [0.717, 1.165) is 19.6 Å². The summed E-state index contributed by atoms with van der Waals surface area (Å²) in [6.45, 7) is 7.07. The molecule has 2 aromatic carbocycles. The van der Waals surface area contributed by atoms with E-state index < -0.39 is 29.4 Å². The maximum atomic E-state index is 15.9. The predicted molar refractivity (Wildman–Crippen MR) is 152 cm³/mol. The maximum Gasteiger partial charge on any atom is 0.416 e. The van der Waals surface area contributed by atoms with Crippen molar-refractivity contribution in [3.05, 3.63) is 76.4 Å². The molecular weight excluding hydrogens is 564 g/mol. The van der Waals surface area contributed by atoms with E-state index in [1.165, 1.54) is 21.9 Å². The van der Waals surface area contributed by atoms with E-state index in [-0.39, 0.29) is 29.5 Å². The lowest BCUT2D eigenvalue weighted by Crippen LogP contribution is -2.53. The molecule has 3 aliphatic rings. The number of rotatable bonds is 7. The number of aromatic nitrogens is 3. The minimum absolute atomic E-state index is 0.0394. The molecular formula is C31H36F4N6O2. The first-order valence-electron chi connectivity index (χ1n) is 14.6. The highest BCUT2D eigenvalue weighted by atomic mass is 19.4. The van der Waals surface area contributed by atoms with Gasteiger partial charge in [0.2, 0.25) is 0 Å². The van der Waals surface area contributed by atoms with Crippen LogP contribution in [0.3, 0.4) is 0 Å². The van der Waals surface area contributed by atoms with Crippen LogP contribution in [0.2, 0.25) is 0 Å². The Morgan fingerprint density at radius 2 is 1.91 bits per heavy atom. The Bertz CT molecular complexity index is 1520. The van der Waals surface area contributed by atoms with Gasteiger partial charge in [0.1, 0.15) is 11.9 Å². The molecule has 12 heteroatoms. The largest absolute Gasteiger partial charge is 0.416 e. The number of anilines is 1. The molecule has 0 spiro atoms. The van der Waals surface area contributed by atoms with Crippen molar-refractivity contribution in [2.75, 3.05) is 38.2 Å². The molecule has 43 heavy (non-hydrogen) atoms. The van der Waals surface area contributed by atoms with E-state index in [0.29, 0.717) is 42.3 Å². The van der Waals surface area contributed by atoms with Gasteiger partial charge in [0.15, 0.2) is 12.0 Å². The van der Waals surface area contributed by atoms with Crippen LogP contribution in [0.1, 0.15) is 64.9 Å². The van der Waals surface area contributed by atoms with Crippen LogP contribution in [0.15, 0.2) is 42.7 Å². The van der Waals surface area contributed by atoms with Crippen molar-refractivity contribution in [1.29, 1.82) is 0 Å². The second kappa shape index (κ2) is 11.0. The number of ether oxygens (including phenoxy) is 1. The molecule has 0 N–H and O–H groups in total. The Balaban J connectivity index is 1.32. The Morgan fingerprint density at radius 3 is 2.53 bits per heavy atom. The number of carbonyl (C=O) groups excluding carboxylic acids is 1. The summed E-state index contributed by atoms with van der Waals surface area (Å²) in [6.07, 6.45) is -4.47. The van der Waals surface area contributed by atoms with Gasteiger partial charge in [-0.15, -0.1) is 10.2 Å². The van der Waals surface area contributed by atoms with E-state index in [2.05, 4.69) is 40.9 Å². The van der Waals surface area contributed by atoms with Gasteiger partial charge in [-0.3, -0.25) is 9.69 Å². The summed E-state index contributed by atoms with van der Waals surface area (Å²) >= 11 is 0. The van der Waals surface area contributed by atoms with Gasteiger partial charge in [0.05, 0.1) is 18.7 Å². The van der Waals surface area contributed by atoms with E-state index >= 15 is 4.39 Å². The average Bonchev–Trinajstić information content (AvgIpc) is 3.51. The van der Waals surface area contributed by atoms with Gasteiger partial charge in [-0.25, -0.2) is 4.39 Å². The fourth-order valence-electron chi connectivity index (χ4n) is 6.64. The fourth-order valence-corrected chi connectivity index (χ4v) is 6.64. The van der Waals surface area contributed by atoms with Crippen LogP contribution in [0, 0.1) is 5.92 Å². The van der Waals surface area contributed by atoms with Crippen LogP contribution in [0.25, 0.3) is 0 Å². The number of hydrogen-bond acceptors (Lipinski definition) is 6. The molecule has 4 heterocycles. The Hall–Kier alpha value is -3.35. The van der Waals surface area contributed by atoms with Crippen LogP contribution < -0.4 is 4.90 Å². The molecule has 3 atom stereocenters. The summed E-state index contributed by atoms with van der Waals surface area (Å²) in [4.78, 5) is 19.5. The highest BCUT2D eigenvalue weighted by molar-refractivity contribution is 6.10. The molecule has 0 aliphatic carbocycles. The van der Waals surface area contributed by atoms with Crippen molar-refractivity contribution in [1.82, 2.24) is 24.6 Å². The highest BCUT2D eigenvalue weighted by Crippen LogP contribution is 2.50. The first kappa shape index (κ1) is 29.7. The smallest absolute Gasteiger partial charge is 0.367 e. The SMILES string of the molecule is CC(C)C1CN(C)CCN1Cc1cc2c(c(C(F)(F)F)c1)CN(c1cccc(C3([C@H](F)c4nncn4C)CCO3)c1)C2=O. The van der Waals surface area contributed by atoms with Crippen LogP contribution in [0.4, 0.5) is 23.2 Å². The number of nitrogens with zero attached hydrogens (tertiary/aromatic N) is 6. The first-order chi connectivity index (χ1) is 20.4. The monoisotopic (exact) mass is 600 g/mol. The normalized spacial score (nSPS) is 24.0. The van der Waals surface area contributed by atoms with Crippen molar-refractivity contribution < 1.29 is 27.1 Å². The zero-order valence-electron chi connectivity index (χ0n) is 24.7. The number of likely N-dealkylation sites (N-methyl/N-ethyl adjacent to an activating group) is 1. The third kappa shape index (κ3) is 5.23. The van der Waals surface area contributed by atoms with Gasteiger partial charge in [-0.05, 0) is 53.9 Å². The lowest BCUT2D eigenvalue weighted by atomic mass is 9.81. The third-order valence-electron chi connectivity index (χ3n) is 9.16. The second-order valence-electron chi connectivity index (χ2n) is 12.3. The summed E-state index contributed by atoms with van der Waals surface area (Å²) in [5, 5.41) is 7.69. The van der Waals surface area contributed by atoms with Gasteiger partial charge in [0.25, 0.3) is 5.91 Å². The average molecular weight is 601 g/mol. The summed E-state index contributed by atoms with van der Waals surface area (Å²) < 4.78 is 66.4. The van der Waals surface area contributed by atoms with Crippen LogP contribution in [0.5, 0.6) is 0 Å². The zero-order chi connectivity index (χ0) is 30.7. The number of halogens is 4. The van der Waals surface area contributed by atoms with Gasteiger partial charge >= 0.3 is 6.18 Å². The number of aryl methyl sites for hydroxylation is 1. The molecule has 8 nitrogen and oxygen atoms in total. The number of alkyl halides is 4.